The highest BCUT2D eigenvalue weighted by molar-refractivity contribution is 6.06. The molecule has 12 heterocycles. The number of carbonyl (C=O) groups excluding carboxylic acids is 4. The SMILES string of the molecule is O=C(Nc1c(F)cc(Oc2ccnc3[nH]ccc23)cc1F)c1cccn(-c2ccc(F)cc2)c1=O.O=C(Nc1ccc(Oc2ccnc3[nH]ccc23)cc1)c1cccn(-c2ccc(F)cc2)c1=O.O=C(Nc1ccc(Oc2ccnc3[nH]ccc23)cc1)c1cccn(-c2ccc(F)cc2)c1=O.O=C(Nc1ccc(Oc2ccnc3[nH]ccc23)cc1)c1cccn(-c2ccc(F)cc2)c1=O. The largest absolute Gasteiger partial charge is 0.457 e. The Hall–Kier alpha value is -19.0. The van der Waals surface area contributed by atoms with Crippen LogP contribution in [0.1, 0.15) is 41.4 Å². The highest BCUT2D eigenvalue weighted by Gasteiger charge is 2.23. The zero-order valence-electron chi connectivity index (χ0n) is 69.2. The van der Waals surface area contributed by atoms with Crippen LogP contribution in [-0.2, 0) is 0 Å². The summed E-state index contributed by atoms with van der Waals surface area (Å²) >= 11 is 0. The fourth-order valence-electron chi connectivity index (χ4n) is 13.8. The Labute approximate surface area is 751 Å². The maximum absolute atomic E-state index is 14.8. The van der Waals surface area contributed by atoms with E-state index < -0.39 is 86.5 Å². The molecule has 0 aliphatic rings. The normalized spacial score (nSPS) is 10.9. The number of amides is 4. The number of nitrogens with one attached hydrogen (secondary N) is 8. The third-order valence-corrected chi connectivity index (χ3v) is 20.4. The minimum Gasteiger partial charge on any atom is -0.457 e. The number of rotatable bonds is 20. The van der Waals surface area contributed by atoms with Gasteiger partial charge in [0.05, 0.1) is 21.5 Å². The summed E-state index contributed by atoms with van der Waals surface area (Å²) in [5, 5.41) is 13.5. The predicted molar refractivity (Wildman–Crippen MR) is 490 cm³/mol. The van der Waals surface area contributed by atoms with Gasteiger partial charge in [-0.25, -0.2) is 46.3 Å². The minimum atomic E-state index is -1.09. The highest BCUT2D eigenvalue weighted by atomic mass is 19.2. The summed E-state index contributed by atoms with van der Waals surface area (Å²) in [5.74, 6) is -2.64. The molecular formula is C100H66F6N16O12. The van der Waals surface area contributed by atoms with Gasteiger partial charge in [-0.05, 0) is 267 Å². The summed E-state index contributed by atoms with van der Waals surface area (Å²) in [6, 6.07) is 69.6. The lowest BCUT2D eigenvalue weighted by Crippen LogP contribution is -2.28. The van der Waals surface area contributed by atoms with Gasteiger partial charge in [0.1, 0.15) is 120 Å². The molecule has 8 aromatic carbocycles. The van der Waals surface area contributed by atoms with Gasteiger partial charge >= 0.3 is 0 Å². The number of fused-ring (bicyclic) bond motifs is 4. The van der Waals surface area contributed by atoms with Crippen LogP contribution in [0, 0.1) is 34.9 Å². The van der Waals surface area contributed by atoms with Crippen molar-refractivity contribution >= 4 is 90.5 Å². The fourth-order valence-corrected chi connectivity index (χ4v) is 13.8. The van der Waals surface area contributed by atoms with Gasteiger partial charge in [-0.1, -0.05) is 0 Å². The minimum absolute atomic E-state index is 0.0335. The van der Waals surface area contributed by atoms with Gasteiger partial charge in [0.15, 0.2) is 11.6 Å². The summed E-state index contributed by atoms with van der Waals surface area (Å²) in [6.45, 7) is 0. The van der Waals surface area contributed by atoms with Crippen molar-refractivity contribution < 1.29 is 64.5 Å². The average Bonchev–Trinajstić information content (AvgIpc) is 1.28. The Morgan fingerprint density at radius 3 is 0.746 bits per heavy atom. The van der Waals surface area contributed by atoms with E-state index in [1.54, 1.807) is 165 Å². The van der Waals surface area contributed by atoms with Gasteiger partial charge < -0.3 is 60.2 Å². The molecule has 0 spiro atoms. The first-order valence-corrected chi connectivity index (χ1v) is 40.5. The number of aromatic amines is 4. The molecule has 0 unspecified atom stereocenters. The molecule has 0 saturated heterocycles. The standard InChI is InChI=1S/C25H15F3N4O3.3C25H17FN4O3/c26-14-3-5-15(6-4-14)32-11-1-2-18(25(32)34)24(33)31-22-19(27)12-16(13-20(22)28)35-21-8-10-30-23-17(21)7-9-29-23;3*26-16-3-7-18(8-4-16)30-15-1-2-21(25(30)32)24(31)29-17-5-9-19(10-6-17)33-22-12-14-28-23-20(22)11-13-27-23/h1-13H,(H,29,30)(H,31,33);3*1-15H,(H,27,28)(H,29,31). The predicted octanol–water partition coefficient (Wildman–Crippen LogP) is 19.9. The van der Waals surface area contributed by atoms with E-state index in [2.05, 4.69) is 61.1 Å². The summed E-state index contributed by atoms with van der Waals surface area (Å²) in [4.78, 5) is 131. The second-order valence-electron chi connectivity index (χ2n) is 29.0. The number of hydrogen-bond acceptors (Lipinski definition) is 16. The topological polar surface area (TPSA) is 356 Å². The van der Waals surface area contributed by atoms with E-state index in [9.17, 15) is 64.7 Å². The molecular weight excluding hydrogens is 1730 g/mol. The number of H-pyrrole nitrogens is 4. The van der Waals surface area contributed by atoms with Crippen LogP contribution in [0.4, 0.5) is 49.1 Å². The molecule has 134 heavy (non-hydrogen) atoms. The van der Waals surface area contributed by atoms with Gasteiger partial charge in [0.25, 0.3) is 45.9 Å². The van der Waals surface area contributed by atoms with Crippen LogP contribution in [-0.4, -0.2) is 81.8 Å². The Morgan fingerprint density at radius 2 is 0.500 bits per heavy atom. The first-order valence-electron chi connectivity index (χ1n) is 40.5. The van der Waals surface area contributed by atoms with E-state index in [-0.39, 0.29) is 28.0 Å². The van der Waals surface area contributed by atoms with Crippen molar-refractivity contribution in [2.45, 2.75) is 0 Å². The monoisotopic (exact) mass is 1800 g/mol. The van der Waals surface area contributed by atoms with Crippen LogP contribution in [0.3, 0.4) is 0 Å². The Morgan fingerprint density at radius 1 is 0.269 bits per heavy atom. The molecule has 0 atom stereocenters. The molecule has 0 bridgehead atoms. The van der Waals surface area contributed by atoms with E-state index >= 15 is 0 Å². The molecule has 20 rings (SSSR count). The summed E-state index contributed by atoms with van der Waals surface area (Å²) in [7, 11) is 0. The van der Waals surface area contributed by atoms with E-state index in [1.807, 2.05) is 18.2 Å². The van der Waals surface area contributed by atoms with Gasteiger partial charge in [0.2, 0.25) is 0 Å². The smallest absolute Gasteiger partial charge is 0.267 e. The molecule has 660 valence electrons. The number of pyridine rings is 8. The maximum Gasteiger partial charge on any atom is 0.267 e. The molecule has 20 aromatic rings. The molecule has 0 aliphatic carbocycles. The quantitative estimate of drug-likeness (QED) is 0.0329. The summed E-state index contributed by atoms with van der Waals surface area (Å²) < 4.78 is 111. The second-order valence-corrected chi connectivity index (χ2v) is 29.0. The van der Waals surface area contributed by atoms with E-state index in [0.29, 0.717) is 91.1 Å². The Bertz CT molecular complexity index is 7450. The van der Waals surface area contributed by atoms with Crippen LogP contribution < -0.4 is 62.5 Å². The number of aromatic nitrogens is 12. The average molecular weight is 1800 g/mol. The second kappa shape index (κ2) is 39.1. The van der Waals surface area contributed by atoms with Crippen molar-refractivity contribution in [3.63, 3.8) is 0 Å². The van der Waals surface area contributed by atoms with Crippen molar-refractivity contribution in [2.24, 2.45) is 0 Å². The van der Waals surface area contributed by atoms with Crippen molar-refractivity contribution in [1.82, 2.24) is 58.1 Å². The highest BCUT2D eigenvalue weighted by Crippen LogP contribution is 2.36. The third-order valence-electron chi connectivity index (χ3n) is 20.4. The molecule has 8 N–H and O–H groups in total. The zero-order valence-corrected chi connectivity index (χ0v) is 69.2. The molecule has 28 nitrogen and oxygen atoms in total. The number of benzene rings is 8. The molecule has 12 aromatic heterocycles. The number of carbonyl (C=O) groups is 4. The molecule has 0 radical (unpaired) electrons. The van der Waals surface area contributed by atoms with Crippen molar-refractivity contribution in [3.05, 3.63) is 452 Å². The molecule has 0 fully saturated rings. The van der Waals surface area contributed by atoms with Gasteiger partial charge in [-0.3, -0.25) is 56.6 Å². The van der Waals surface area contributed by atoms with Crippen LogP contribution >= 0.6 is 0 Å². The van der Waals surface area contributed by atoms with E-state index in [1.165, 1.54) is 160 Å². The molecule has 4 amide bonds. The lowest BCUT2D eigenvalue weighted by Gasteiger charge is -2.12. The van der Waals surface area contributed by atoms with Crippen molar-refractivity contribution in [3.8, 4) is 68.7 Å². The number of halogens is 6. The molecule has 0 aliphatic heterocycles. The van der Waals surface area contributed by atoms with Gasteiger partial charge in [0, 0.05) is 126 Å². The summed E-state index contributed by atoms with van der Waals surface area (Å²) in [6.07, 6.45) is 19.4. The fraction of sp³-hybridized carbons (Fsp3) is 0. The van der Waals surface area contributed by atoms with Crippen LogP contribution in [0.25, 0.3) is 66.9 Å². The van der Waals surface area contributed by atoms with E-state index in [0.717, 1.165) is 61.9 Å². The third kappa shape index (κ3) is 19.9. The van der Waals surface area contributed by atoms with Gasteiger partial charge in [-0.15, -0.1) is 0 Å². The number of nitrogens with zero attached hydrogens (tertiary/aromatic N) is 8. The van der Waals surface area contributed by atoms with Gasteiger partial charge in [-0.2, -0.15) is 0 Å². The number of anilines is 4. The Kier molecular flexibility index (Phi) is 25.4. The first-order chi connectivity index (χ1) is 65.1. The summed E-state index contributed by atoms with van der Waals surface area (Å²) in [5.41, 5.74) is 2.49. The Balaban J connectivity index is 0.000000124. The van der Waals surface area contributed by atoms with Crippen molar-refractivity contribution in [2.75, 3.05) is 21.3 Å². The first kappa shape index (κ1) is 87.1. The van der Waals surface area contributed by atoms with Crippen LogP contribution in [0.5, 0.6) is 46.0 Å². The van der Waals surface area contributed by atoms with Crippen LogP contribution in [0.15, 0.2) is 373 Å². The molecule has 34 heteroatoms. The lowest BCUT2D eigenvalue weighted by atomic mass is 10.2. The van der Waals surface area contributed by atoms with Crippen LogP contribution in [0.2, 0.25) is 0 Å². The maximum atomic E-state index is 14.8. The number of hydrogen-bond donors (Lipinski definition) is 8. The zero-order chi connectivity index (χ0) is 92.9. The van der Waals surface area contributed by atoms with Crippen molar-refractivity contribution in [1.29, 1.82) is 0 Å². The van der Waals surface area contributed by atoms with E-state index in [4.69, 9.17) is 18.9 Å². The lowest BCUT2D eigenvalue weighted by molar-refractivity contribution is 0.101. The molecule has 0 saturated carbocycles. The number of ether oxygens (including phenoxy) is 4.